The Bertz CT molecular complexity index is 946. The smallest absolute Gasteiger partial charge is 0.242 e. The van der Waals surface area contributed by atoms with Crippen LogP contribution in [0.2, 0.25) is 0 Å². The van der Waals surface area contributed by atoms with Crippen LogP contribution in [0.1, 0.15) is 15.9 Å². The van der Waals surface area contributed by atoms with Crippen molar-refractivity contribution >= 4 is 32.3 Å². The van der Waals surface area contributed by atoms with E-state index in [0.717, 1.165) is 15.1 Å². The molecule has 0 saturated carbocycles. The van der Waals surface area contributed by atoms with Crippen molar-refractivity contribution in [2.24, 2.45) is 0 Å². The number of methoxy groups -OCH3 is 1. The molecular formula is C17H18N2O3S2. The summed E-state index contributed by atoms with van der Waals surface area (Å²) in [7, 11) is -2.10. The minimum atomic E-state index is -3.68. The Kier molecular flexibility index (Phi) is 4.96. The quantitative estimate of drug-likeness (QED) is 0.731. The molecule has 0 fully saturated rings. The standard InChI is InChI=1S/C17H18N2O3S2/c1-12-8-9-15(23-12)14(22-2)11-19-24(20,21)16-7-3-5-13-6-4-10-18-17(13)16/h3-10,14,19H,11H2,1-2H3. The summed E-state index contributed by atoms with van der Waals surface area (Å²) in [6.45, 7) is 2.18. The highest BCUT2D eigenvalue weighted by Gasteiger charge is 2.21. The van der Waals surface area contributed by atoms with Crippen molar-refractivity contribution in [3.8, 4) is 0 Å². The van der Waals surface area contributed by atoms with Gasteiger partial charge < -0.3 is 4.74 Å². The predicted molar refractivity (Wildman–Crippen MR) is 95.7 cm³/mol. The molecule has 1 atom stereocenters. The number of sulfonamides is 1. The van der Waals surface area contributed by atoms with Gasteiger partial charge >= 0.3 is 0 Å². The number of pyridine rings is 1. The minimum absolute atomic E-state index is 0.169. The lowest BCUT2D eigenvalue weighted by Gasteiger charge is -2.15. The van der Waals surface area contributed by atoms with Gasteiger partial charge in [-0.1, -0.05) is 18.2 Å². The summed E-state index contributed by atoms with van der Waals surface area (Å²) >= 11 is 1.60. The van der Waals surface area contributed by atoms with Gasteiger partial charge in [-0.2, -0.15) is 0 Å². The van der Waals surface area contributed by atoms with Crippen LogP contribution >= 0.6 is 11.3 Å². The van der Waals surface area contributed by atoms with Gasteiger partial charge in [-0.15, -0.1) is 11.3 Å². The number of benzene rings is 1. The molecule has 7 heteroatoms. The third-order valence-corrected chi connectivity index (χ3v) is 6.25. The Labute approximate surface area is 145 Å². The van der Waals surface area contributed by atoms with Crippen molar-refractivity contribution in [3.63, 3.8) is 0 Å². The van der Waals surface area contributed by atoms with E-state index in [0.29, 0.717) is 5.52 Å². The number of aromatic nitrogens is 1. The fourth-order valence-electron chi connectivity index (χ4n) is 2.48. The lowest BCUT2D eigenvalue weighted by Crippen LogP contribution is -2.29. The first-order valence-corrected chi connectivity index (χ1v) is 9.74. The molecular weight excluding hydrogens is 344 g/mol. The Morgan fingerprint density at radius 2 is 2.00 bits per heavy atom. The van der Waals surface area contributed by atoms with Crippen molar-refractivity contribution in [2.75, 3.05) is 13.7 Å². The van der Waals surface area contributed by atoms with Gasteiger partial charge in [0.1, 0.15) is 11.0 Å². The van der Waals surface area contributed by atoms with Gasteiger partial charge in [0.05, 0.1) is 5.52 Å². The molecule has 0 spiro atoms. The third kappa shape index (κ3) is 3.49. The molecule has 0 aliphatic heterocycles. The molecule has 3 rings (SSSR count). The average molecular weight is 362 g/mol. The highest BCUT2D eigenvalue weighted by molar-refractivity contribution is 7.89. The second-order valence-electron chi connectivity index (χ2n) is 5.36. The van der Waals surface area contributed by atoms with Crippen molar-refractivity contribution in [1.82, 2.24) is 9.71 Å². The van der Waals surface area contributed by atoms with Gasteiger partial charge in [0, 0.05) is 35.0 Å². The molecule has 0 aliphatic carbocycles. The van der Waals surface area contributed by atoms with E-state index in [1.165, 1.54) is 0 Å². The number of fused-ring (bicyclic) bond motifs is 1. The second kappa shape index (κ2) is 6.98. The molecule has 0 bridgehead atoms. The Hall–Kier alpha value is -1.80. The maximum absolute atomic E-state index is 12.7. The largest absolute Gasteiger partial charge is 0.375 e. The first-order valence-electron chi connectivity index (χ1n) is 7.44. The summed E-state index contributed by atoms with van der Waals surface area (Å²) in [6, 6.07) is 12.7. The summed E-state index contributed by atoms with van der Waals surface area (Å²) in [5.41, 5.74) is 0.466. The fourth-order valence-corrected chi connectivity index (χ4v) is 4.65. The van der Waals surface area contributed by atoms with Crippen molar-refractivity contribution in [1.29, 1.82) is 0 Å². The average Bonchev–Trinajstić information content (AvgIpc) is 3.01. The molecule has 1 N–H and O–H groups in total. The van der Waals surface area contributed by atoms with E-state index in [2.05, 4.69) is 9.71 Å². The zero-order valence-corrected chi connectivity index (χ0v) is 15.0. The van der Waals surface area contributed by atoms with Gasteiger partial charge in [0.15, 0.2) is 0 Å². The van der Waals surface area contributed by atoms with Crippen LogP contribution in [0.25, 0.3) is 10.9 Å². The second-order valence-corrected chi connectivity index (χ2v) is 8.41. The summed E-state index contributed by atoms with van der Waals surface area (Å²) < 4.78 is 33.5. The molecule has 1 aromatic carbocycles. The lowest BCUT2D eigenvalue weighted by molar-refractivity contribution is 0.110. The number of hydrogen-bond donors (Lipinski definition) is 1. The van der Waals surface area contributed by atoms with Crippen LogP contribution in [0.5, 0.6) is 0 Å². The topological polar surface area (TPSA) is 68.3 Å². The van der Waals surface area contributed by atoms with Crippen LogP contribution in [-0.4, -0.2) is 27.1 Å². The molecule has 0 amide bonds. The van der Waals surface area contributed by atoms with E-state index in [9.17, 15) is 8.42 Å². The summed E-state index contributed by atoms with van der Waals surface area (Å²) in [5, 5.41) is 0.789. The third-order valence-electron chi connectivity index (χ3n) is 3.71. The molecule has 24 heavy (non-hydrogen) atoms. The molecule has 0 radical (unpaired) electrons. The van der Waals surface area contributed by atoms with Crippen molar-refractivity contribution in [2.45, 2.75) is 17.9 Å². The van der Waals surface area contributed by atoms with Gasteiger partial charge in [-0.25, -0.2) is 13.1 Å². The van der Waals surface area contributed by atoms with Gasteiger partial charge in [-0.05, 0) is 31.2 Å². The van der Waals surface area contributed by atoms with Crippen LogP contribution < -0.4 is 4.72 Å². The van der Waals surface area contributed by atoms with E-state index in [-0.39, 0.29) is 17.5 Å². The minimum Gasteiger partial charge on any atom is -0.375 e. The Morgan fingerprint density at radius 3 is 2.71 bits per heavy atom. The number of rotatable bonds is 6. The summed E-state index contributed by atoms with van der Waals surface area (Å²) in [6.07, 6.45) is 1.27. The zero-order valence-electron chi connectivity index (χ0n) is 13.4. The Morgan fingerprint density at radius 1 is 1.21 bits per heavy atom. The number of thiophene rings is 1. The SMILES string of the molecule is COC(CNS(=O)(=O)c1cccc2cccnc12)c1ccc(C)s1. The molecule has 2 aromatic heterocycles. The van der Waals surface area contributed by atoms with Gasteiger partial charge in [0.2, 0.25) is 10.0 Å². The van der Waals surface area contributed by atoms with Gasteiger partial charge in [0.25, 0.3) is 0 Å². The highest BCUT2D eigenvalue weighted by atomic mass is 32.2. The monoisotopic (exact) mass is 362 g/mol. The molecule has 0 saturated heterocycles. The molecule has 0 aliphatic rings. The van der Waals surface area contributed by atoms with Crippen LogP contribution in [0.3, 0.4) is 0 Å². The lowest BCUT2D eigenvalue weighted by atomic mass is 10.2. The van der Waals surface area contributed by atoms with Crippen LogP contribution in [0.4, 0.5) is 0 Å². The van der Waals surface area contributed by atoms with E-state index < -0.39 is 10.0 Å². The molecule has 1 unspecified atom stereocenters. The highest BCUT2D eigenvalue weighted by Crippen LogP contribution is 2.26. The number of para-hydroxylation sites is 1. The number of aryl methyl sites for hydroxylation is 1. The van der Waals surface area contributed by atoms with Crippen LogP contribution in [0, 0.1) is 6.92 Å². The fraction of sp³-hybridized carbons (Fsp3) is 0.235. The number of nitrogens with zero attached hydrogens (tertiary/aromatic N) is 1. The van der Waals surface area contributed by atoms with E-state index >= 15 is 0 Å². The van der Waals surface area contributed by atoms with Crippen LogP contribution in [-0.2, 0) is 14.8 Å². The van der Waals surface area contributed by atoms with E-state index in [1.807, 2.05) is 31.2 Å². The van der Waals surface area contributed by atoms with Crippen molar-refractivity contribution in [3.05, 3.63) is 58.4 Å². The predicted octanol–water partition coefficient (Wildman–Crippen LogP) is 3.27. The van der Waals surface area contributed by atoms with Gasteiger partial charge in [-0.3, -0.25) is 4.98 Å². The first kappa shape index (κ1) is 17.0. The maximum atomic E-state index is 12.7. The Balaban J connectivity index is 1.85. The molecule has 2 heterocycles. The molecule has 3 aromatic rings. The normalized spacial score (nSPS) is 13.2. The maximum Gasteiger partial charge on any atom is 0.242 e. The zero-order chi connectivity index (χ0) is 17.2. The molecule has 5 nitrogen and oxygen atoms in total. The number of nitrogens with one attached hydrogen (secondary N) is 1. The first-order chi connectivity index (χ1) is 11.5. The molecule has 126 valence electrons. The number of hydrogen-bond acceptors (Lipinski definition) is 5. The van der Waals surface area contributed by atoms with Crippen molar-refractivity contribution < 1.29 is 13.2 Å². The van der Waals surface area contributed by atoms with Crippen LogP contribution in [0.15, 0.2) is 53.6 Å². The summed E-state index contributed by atoms with van der Waals surface area (Å²) in [5.74, 6) is 0. The van der Waals surface area contributed by atoms with E-state index in [1.54, 1.807) is 42.8 Å². The summed E-state index contributed by atoms with van der Waals surface area (Å²) in [4.78, 5) is 6.54. The number of ether oxygens (including phenoxy) is 1. The van der Waals surface area contributed by atoms with E-state index in [4.69, 9.17) is 4.74 Å².